The van der Waals surface area contributed by atoms with Gasteiger partial charge < -0.3 is 5.73 Å². The summed E-state index contributed by atoms with van der Waals surface area (Å²) in [5.74, 6) is -2.53. The van der Waals surface area contributed by atoms with E-state index in [0.29, 0.717) is 6.07 Å². The molecule has 0 aromatic heterocycles. The van der Waals surface area contributed by atoms with Crippen molar-refractivity contribution in [2.45, 2.75) is 23.9 Å². The molecular weight excluding hydrogens is 340 g/mol. The molecule has 2 rings (SSSR count). The Bertz CT molecular complexity index is 710. The van der Waals surface area contributed by atoms with Crippen LogP contribution in [0.5, 0.6) is 0 Å². The van der Waals surface area contributed by atoms with Crippen LogP contribution in [0.3, 0.4) is 0 Å². The number of nitrogens with two attached hydrogens (primary N) is 1. The minimum absolute atomic E-state index is 0.0331. The molecule has 1 saturated heterocycles. The Hall–Kier alpha value is -1.68. The van der Waals surface area contributed by atoms with Crippen LogP contribution in [0.15, 0.2) is 23.1 Å². The van der Waals surface area contributed by atoms with Gasteiger partial charge in [-0.15, -0.1) is 0 Å². The molecular formula is C13H14F4N2O3S. The van der Waals surface area contributed by atoms with Crippen molar-refractivity contribution in [2.75, 3.05) is 13.1 Å². The molecule has 0 unspecified atom stereocenters. The Balaban J connectivity index is 2.29. The summed E-state index contributed by atoms with van der Waals surface area (Å²) in [4.78, 5) is 10.4. The van der Waals surface area contributed by atoms with Crippen molar-refractivity contribution in [2.24, 2.45) is 11.7 Å². The first-order valence-corrected chi connectivity index (χ1v) is 8.13. The van der Waals surface area contributed by atoms with Crippen molar-refractivity contribution in [1.82, 2.24) is 4.31 Å². The largest absolute Gasteiger partial charge is 0.419 e. The zero-order valence-electron chi connectivity index (χ0n) is 11.8. The second kappa shape index (κ2) is 6.08. The first-order valence-electron chi connectivity index (χ1n) is 6.69. The lowest BCUT2D eigenvalue weighted by atomic mass is 9.98. The number of halogens is 4. The molecule has 1 aromatic rings. The van der Waals surface area contributed by atoms with Gasteiger partial charge in [0.2, 0.25) is 15.9 Å². The van der Waals surface area contributed by atoms with E-state index >= 15 is 0 Å². The third-order valence-electron chi connectivity index (χ3n) is 3.74. The molecule has 1 fully saturated rings. The van der Waals surface area contributed by atoms with Gasteiger partial charge in [-0.25, -0.2) is 12.8 Å². The highest BCUT2D eigenvalue weighted by molar-refractivity contribution is 7.89. The van der Waals surface area contributed by atoms with Gasteiger partial charge in [0.1, 0.15) is 5.82 Å². The zero-order valence-corrected chi connectivity index (χ0v) is 12.6. The van der Waals surface area contributed by atoms with Gasteiger partial charge in [-0.05, 0) is 31.0 Å². The Labute approximate surface area is 130 Å². The SMILES string of the molecule is NC(=O)C1CCN(S(=O)(=O)c2ccc(F)c(C(F)(F)F)c2)CC1. The number of hydrogen-bond donors (Lipinski definition) is 1. The fourth-order valence-corrected chi connectivity index (χ4v) is 3.91. The van der Waals surface area contributed by atoms with Crippen molar-refractivity contribution < 1.29 is 30.8 Å². The van der Waals surface area contributed by atoms with Crippen LogP contribution in [-0.4, -0.2) is 31.7 Å². The number of hydrogen-bond acceptors (Lipinski definition) is 3. The van der Waals surface area contributed by atoms with Crippen LogP contribution in [-0.2, 0) is 21.0 Å². The van der Waals surface area contributed by atoms with Gasteiger partial charge in [0.25, 0.3) is 0 Å². The molecule has 0 spiro atoms. The number of alkyl halides is 3. The quantitative estimate of drug-likeness (QED) is 0.840. The maximum absolute atomic E-state index is 13.3. The standard InChI is InChI=1S/C13H14F4N2O3S/c14-11-2-1-9(7-10(11)13(15,16)17)23(21,22)19-5-3-8(4-6-19)12(18)20/h1-2,7-8H,3-6H2,(H2,18,20). The summed E-state index contributed by atoms with van der Waals surface area (Å²) in [6.45, 7) is -0.0661. The van der Waals surface area contributed by atoms with E-state index in [-0.39, 0.29) is 32.0 Å². The summed E-state index contributed by atoms with van der Waals surface area (Å²) in [5.41, 5.74) is 3.51. The van der Waals surface area contributed by atoms with Gasteiger partial charge in [-0.1, -0.05) is 0 Å². The fourth-order valence-electron chi connectivity index (χ4n) is 2.41. The number of piperidine rings is 1. The summed E-state index contributed by atoms with van der Waals surface area (Å²) in [6, 6.07) is 1.55. The minimum atomic E-state index is -4.99. The first-order chi connectivity index (χ1) is 10.5. The molecule has 1 aliphatic heterocycles. The lowest BCUT2D eigenvalue weighted by Crippen LogP contribution is -2.41. The highest BCUT2D eigenvalue weighted by Gasteiger charge is 2.37. The second-order valence-corrected chi connectivity index (χ2v) is 7.16. The predicted molar refractivity (Wildman–Crippen MR) is 72.1 cm³/mol. The van der Waals surface area contributed by atoms with E-state index in [1.807, 2.05) is 0 Å². The van der Waals surface area contributed by atoms with Crippen molar-refractivity contribution in [1.29, 1.82) is 0 Å². The van der Waals surface area contributed by atoms with Crippen LogP contribution in [0.25, 0.3) is 0 Å². The smallest absolute Gasteiger partial charge is 0.369 e. The van der Waals surface area contributed by atoms with Crippen LogP contribution < -0.4 is 5.73 Å². The molecule has 0 saturated carbocycles. The van der Waals surface area contributed by atoms with Crippen molar-refractivity contribution in [3.05, 3.63) is 29.6 Å². The average molecular weight is 354 g/mol. The lowest BCUT2D eigenvalue weighted by Gasteiger charge is -2.29. The molecule has 2 N–H and O–H groups in total. The third-order valence-corrected chi connectivity index (χ3v) is 5.63. The molecule has 0 atom stereocenters. The van der Waals surface area contributed by atoms with E-state index in [9.17, 15) is 30.8 Å². The minimum Gasteiger partial charge on any atom is -0.369 e. The lowest BCUT2D eigenvalue weighted by molar-refractivity contribution is -0.140. The van der Waals surface area contributed by atoms with Gasteiger partial charge in [0, 0.05) is 19.0 Å². The molecule has 1 amide bonds. The van der Waals surface area contributed by atoms with E-state index in [4.69, 9.17) is 5.73 Å². The molecule has 128 valence electrons. The van der Waals surface area contributed by atoms with Crippen LogP contribution in [0.2, 0.25) is 0 Å². The number of benzene rings is 1. The number of carbonyl (C=O) groups excluding carboxylic acids is 1. The number of amides is 1. The van der Waals surface area contributed by atoms with E-state index in [2.05, 4.69) is 0 Å². The normalized spacial score (nSPS) is 18.1. The van der Waals surface area contributed by atoms with Crippen LogP contribution in [0.4, 0.5) is 17.6 Å². The maximum Gasteiger partial charge on any atom is 0.419 e. The average Bonchev–Trinajstić information content (AvgIpc) is 2.46. The monoisotopic (exact) mass is 354 g/mol. The molecule has 23 heavy (non-hydrogen) atoms. The van der Waals surface area contributed by atoms with Gasteiger partial charge in [0.05, 0.1) is 10.5 Å². The Morgan fingerprint density at radius 2 is 1.78 bits per heavy atom. The number of nitrogens with zero attached hydrogens (tertiary/aromatic N) is 1. The maximum atomic E-state index is 13.3. The molecule has 5 nitrogen and oxygen atoms in total. The summed E-state index contributed by atoms with van der Waals surface area (Å²) in [5, 5.41) is 0. The fraction of sp³-hybridized carbons (Fsp3) is 0.462. The molecule has 1 aliphatic rings. The van der Waals surface area contributed by atoms with Crippen molar-refractivity contribution in [3.63, 3.8) is 0 Å². The highest BCUT2D eigenvalue weighted by atomic mass is 32.2. The van der Waals surface area contributed by atoms with Gasteiger partial charge in [0.15, 0.2) is 0 Å². The number of sulfonamides is 1. The molecule has 10 heteroatoms. The predicted octanol–water partition coefficient (Wildman–Crippen LogP) is 1.73. The Morgan fingerprint density at radius 3 is 2.26 bits per heavy atom. The van der Waals surface area contributed by atoms with Crippen LogP contribution >= 0.6 is 0 Å². The van der Waals surface area contributed by atoms with Crippen molar-refractivity contribution in [3.8, 4) is 0 Å². The molecule has 0 bridgehead atoms. The number of carbonyl (C=O) groups is 1. The van der Waals surface area contributed by atoms with E-state index in [0.717, 1.165) is 10.4 Å². The van der Waals surface area contributed by atoms with Gasteiger partial charge in [-0.3, -0.25) is 4.79 Å². The number of primary amides is 1. The van der Waals surface area contributed by atoms with Crippen LogP contribution in [0.1, 0.15) is 18.4 Å². The van der Waals surface area contributed by atoms with Gasteiger partial charge >= 0.3 is 6.18 Å². The topological polar surface area (TPSA) is 80.5 Å². The summed E-state index contributed by atoms with van der Waals surface area (Å²) in [6.07, 6.45) is -4.60. The third kappa shape index (κ3) is 3.63. The summed E-state index contributed by atoms with van der Waals surface area (Å²) >= 11 is 0. The van der Waals surface area contributed by atoms with Gasteiger partial charge in [-0.2, -0.15) is 17.5 Å². The summed E-state index contributed by atoms with van der Waals surface area (Å²) < 4.78 is 77.1. The molecule has 0 radical (unpaired) electrons. The van der Waals surface area contributed by atoms with E-state index in [1.165, 1.54) is 0 Å². The van der Waals surface area contributed by atoms with E-state index in [1.54, 1.807) is 0 Å². The molecule has 1 heterocycles. The zero-order chi connectivity index (χ0) is 17.4. The van der Waals surface area contributed by atoms with E-state index < -0.39 is 44.3 Å². The Kier molecular flexibility index (Phi) is 4.67. The van der Waals surface area contributed by atoms with Crippen molar-refractivity contribution >= 4 is 15.9 Å². The number of rotatable bonds is 3. The molecule has 0 aliphatic carbocycles. The summed E-state index contributed by atoms with van der Waals surface area (Å²) in [7, 11) is -4.20. The highest BCUT2D eigenvalue weighted by Crippen LogP contribution is 2.34. The van der Waals surface area contributed by atoms with Crippen LogP contribution in [0, 0.1) is 11.7 Å². The first kappa shape index (κ1) is 17.7. The Morgan fingerprint density at radius 1 is 1.22 bits per heavy atom. The second-order valence-electron chi connectivity index (χ2n) is 5.22. The molecule has 1 aromatic carbocycles.